The zero-order valence-electron chi connectivity index (χ0n) is 12.8. The number of rotatable bonds is 10. The molecule has 0 aliphatic carbocycles. The fourth-order valence-corrected chi connectivity index (χ4v) is 3.67. The molecule has 0 N–H and O–H groups in total. The monoisotopic (exact) mass is 279 g/mol. The second kappa shape index (κ2) is 9.08. The molecule has 0 fully saturated rings. The first kappa shape index (κ1) is 18.1. The molecule has 0 radical (unpaired) electrons. The van der Waals surface area contributed by atoms with Crippen LogP contribution in [0.1, 0.15) is 48.0 Å². The van der Waals surface area contributed by atoms with Gasteiger partial charge in [-0.1, -0.05) is 6.92 Å². The second-order valence-electron chi connectivity index (χ2n) is 5.01. The molecular weight excluding hydrogens is 249 g/mol. The Morgan fingerprint density at radius 2 is 1.61 bits per heavy atom. The Morgan fingerprint density at radius 1 is 1.06 bits per heavy atom. The summed E-state index contributed by atoms with van der Waals surface area (Å²) in [6, 6.07) is 0.928. The Bertz CT molecular complexity index is 239. The molecule has 5 heteroatoms. The van der Waals surface area contributed by atoms with Crippen LogP contribution in [0.25, 0.3) is 0 Å². The molecule has 0 spiro atoms. The molecule has 0 aromatic carbocycles. The molecule has 110 valence electrons. The van der Waals surface area contributed by atoms with Crippen LogP contribution in [0.4, 0.5) is 0 Å². The third-order valence-corrected chi connectivity index (χ3v) is 5.01. The third-order valence-electron chi connectivity index (χ3n) is 2.79. The molecule has 0 aliphatic rings. The van der Waals surface area contributed by atoms with E-state index < -0.39 is 7.60 Å². The van der Waals surface area contributed by atoms with E-state index in [0.29, 0.717) is 31.5 Å². The van der Waals surface area contributed by atoms with Crippen molar-refractivity contribution in [3.8, 4) is 0 Å². The van der Waals surface area contributed by atoms with Gasteiger partial charge in [-0.05, 0) is 41.0 Å². The summed E-state index contributed by atoms with van der Waals surface area (Å²) in [5.74, 6) is 0. The van der Waals surface area contributed by atoms with E-state index in [1.54, 1.807) is 0 Å². The predicted octanol–water partition coefficient (Wildman–Crippen LogP) is 3.76. The topological polar surface area (TPSA) is 38.8 Å². The highest BCUT2D eigenvalue weighted by molar-refractivity contribution is 7.53. The first-order valence-electron chi connectivity index (χ1n) is 7.00. The van der Waals surface area contributed by atoms with Crippen molar-refractivity contribution in [3.05, 3.63) is 0 Å². The summed E-state index contributed by atoms with van der Waals surface area (Å²) in [7, 11) is -2.86. The van der Waals surface area contributed by atoms with Crippen LogP contribution in [-0.4, -0.2) is 42.9 Å². The minimum atomic E-state index is -2.86. The van der Waals surface area contributed by atoms with Gasteiger partial charge < -0.3 is 9.05 Å². The quantitative estimate of drug-likeness (QED) is 0.571. The summed E-state index contributed by atoms with van der Waals surface area (Å²) in [4.78, 5) is 2.32. The van der Waals surface area contributed by atoms with Gasteiger partial charge in [0, 0.05) is 24.8 Å². The van der Waals surface area contributed by atoms with Crippen LogP contribution in [0.5, 0.6) is 0 Å². The maximum atomic E-state index is 12.3. The van der Waals surface area contributed by atoms with Gasteiger partial charge in [-0.3, -0.25) is 9.46 Å². The van der Waals surface area contributed by atoms with Crippen LogP contribution in [0.15, 0.2) is 0 Å². The summed E-state index contributed by atoms with van der Waals surface area (Å²) >= 11 is 0. The maximum absolute atomic E-state index is 12.3. The molecule has 4 nitrogen and oxygen atoms in total. The zero-order valence-corrected chi connectivity index (χ0v) is 13.7. The van der Waals surface area contributed by atoms with Gasteiger partial charge in [-0.15, -0.1) is 0 Å². The Morgan fingerprint density at radius 3 is 2.00 bits per heavy atom. The third kappa shape index (κ3) is 6.89. The van der Waals surface area contributed by atoms with E-state index in [-0.39, 0.29) is 0 Å². The predicted molar refractivity (Wildman–Crippen MR) is 77.3 cm³/mol. The van der Waals surface area contributed by atoms with Gasteiger partial charge >= 0.3 is 7.60 Å². The van der Waals surface area contributed by atoms with Crippen molar-refractivity contribution >= 4 is 7.60 Å². The summed E-state index contributed by atoms with van der Waals surface area (Å²) in [5, 5.41) is 0. The molecule has 0 saturated carbocycles. The first-order valence-corrected chi connectivity index (χ1v) is 8.73. The van der Waals surface area contributed by atoms with Crippen molar-refractivity contribution in [1.29, 1.82) is 0 Å². The van der Waals surface area contributed by atoms with Gasteiger partial charge in [-0.2, -0.15) is 0 Å². The minimum Gasteiger partial charge on any atom is -0.309 e. The van der Waals surface area contributed by atoms with Gasteiger partial charge in [0.05, 0.1) is 13.2 Å². The molecule has 0 aliphatic heterocycles. The number of nitrogens with zero attached hydrogens (tertiary/aromatic N) is 1. The van der Waals surface area contributed by atoms with Crippen LogP contribution in [0.2, 0.25) is 0 Å². The Hall–Kier alpha value is 0.110. The molecule has 1 atom stereocenters. The first-order chi connectivity index (χ1) is 8.36. The van der Waals surface area contributed by atoms with E-state index in [2.05, 4.69) is 32.6 Å². The van der Waals surface area contributed by atoms with E-state index in [0.717, 1.165) is 13.0 Å². The van der Waals surface area contributed by atoms with Gasteiger partial charge in [0.25, 0.3) is 0 Å². The highest BCUT2D eigenvalue weighted by atomic mass is 31.2. The van der Waals surface area contributed by atoms with E-state index >= 15 is 0 Å². The maximum Gasteiger partial charge on any atom is 0.330 e. The lowest BCUT2D eigenvalue weighted by atomic mass is 10.2. The lowest BCUT2D eigenvalue weighted by Gasteiger charge is -2.30. The average Bonchev–Trinajstić information content (AvgIpc) is 2.24. The van der Waals surface area contributed by atoms with Crippen molar-refractivity contribution in [1.82, 2.24) is 4.90 Å². The molecule has 0 saturated heterocycles. The molecule has 0 amide bonds. The summed E-state index contributed by atoms with van der Waals surface area (Å²) in [5.41, 5.74) is 0. The molecule has 0 bridgehead atoms. The Balaban J connectivity index is 4.24. The zero-order chi connectivity index (χ0) is 14.2. The molecule has 0 aromatic rings. The highest BCUT2D eigenvalue weighted by Crippen LogP contribution is 2.48. The lowest BCUT2D eigenvalue weighted by molar-refractivity contribution is 0.129. The Kier molecular flexibility index (Phi) is 9.14. The van der Waals surface area contributed by atoms with E-state index in [1.165, 1.54) is 0 Å². The normalized spacial score (nSPS) is 15.6. The molecule has 18 heavy (non-hydrogen) atoms. The fraction of sp³-hybridized carbons (Fsp3) is 1.00. The van der Waals surface area contributed by atoms with Crippen molar-refractivity contribution < 1.29 is 13.6 Å². The van der Waals surface area contributed by atoms with Crippen molar-refractivity contribution in [2.24, 2.45) is 0 Å². The van der Waals surface area contributed by atoms with Crippen LogP contribution in [0.3, 0.4) is 0 Å². The molecular formula is C13H30NO3P. The van der Waals surface area contributed by atoms with Crippen LogP contribution in [0, 0.1) is 0 Å². The van der Waals surface area contributed by atoms with Gasteiger partial charge in [0.2, 0.25) is 0 Å². The van der Waals surface area contributed by atoms with Crippen LogP contribution in [-0.2, 0) is 13.6 Å². The highest BCUT2D eigenvalue weighted by Gasteiger charge is 2.23. The summed E-state index contributed by atoms with van der Waals surface area (Å²) < 4.78 is 23.1. The molecule has 1 unspecified atom stereocenters. The van der Waals surface area contributed by atoms with E-state index in [1.807, 2.05) is 13.8 Å². The Labute approximate surface area is 113 Å². The minimum absolute atomic E-state index is 0.440. The van der Waals surface area contributed by atoms with Gasteiger partial charge in [0.15, 0.2) is 0 Å². The van der Waals surface area contributed by atoms with Crippen molar-refractivity contribution in [3.63, 3.8) is 0 Å². The standard InChI is InChI=1S/C13H30NO3P/c1-7-11-18(15,16-8-2)17-10-9-14(12(3)4)13(5)6/h12-13H,7-11H2,1-6H3. The largest absolute Gasteiger partial charge is 0.330 e. The van der Waals surface area contributed by atoms with E-state index in [9.17, 15) is 4.57 Å². The average molecular weight is 279 g/mol. The second-order valence-corrected chi connectivity index (χ2v) is 7.20. The molecule has 0 aromatic heterocycles. The van der Waals surface area contributed by atoms with E-state index in [4.69, 9.17) is 9.05 Å². The van der Waals surface area contributed by atoms with Crippen LogP contribution >= 0.6 is 7.60 Å². The van der Waals surface area contributed by atoms with Gasteiger partial charge in [0.1, 0.15) is 0 Å². The number of hydrogen-bond donors (Lipinski definition) is 0. The SMILES string of the molecule is CCCP(=O)(OCC)OCCN(C(C)C)C(C)C. The van der Waals surface area contributed by atoms with Crippen LogP contribution < -0.4 is 0 Å². The lowest BCUT2D eigenvalue weighted by Crippen LogP contribution is -2.39. The smallest absolute Gasteiger partial charge is 0.309 e. The summed E-state index contributed by atoms with van der Waals surface area (Å²) in [6.45, 7) is 14.2. The van der Waals surface area contributed by atoms with Crippen molar-refractivity contribution in [2.75, 3.05) is 25.9 Å². The van der Waals surface area contributed by atoms with Crippen molar-refractivity contribution in [2.45, 2.75) is 60.0 Å². The molecule has 0 heterocycles. The number of hydrogen-bond acceptors (Lipinski definition) is 4. The fourth-order valence-electron chi connectivity index (χ4n) is 2.03. The van der Waals surface area contributed by atoms with Gasteiger partial charge in [-0.25, -0.2) is 0 Å². The molecule has 0 rings (SSSR count). The summed E-state index contributed by atoms with van der Waals surface area (Å²) in [6.07, 6.45) is 1.32.